The third kappa shape index (κ3) is 5.28. The van der Waals surface area contributed by atoms with Gasteiger partial charge in [-0.25, -0.2) is 9.78 Å². The molecule has 2 rings (SSSR count). The average Bonchev–Trinajstić information content (AvgIpc) is 2.91. The van der Waals surface area contributed by atoms with Gasteiger partial charge >= 0.3 is 5.97 Å². The number of aryl methyl sites for hydroxylation is 1. The van der Waals surface area contributed by atoms with Gasteiger partial charge in [0.1, 0.15) is 6.04 Å². The first-order valence-electron chi connectivity index (χ1n) is 7.56. The van der Waals surface area contributed by atoms with Gasteiger partial charge in [-0.1, -0.05) is 35.7 Å². The minimum absolute atomic E-state index is 0.242. The number of amides is 1. The predicted octanol–water partition coefficient (Wildman–Crippen LogP) is 3.75. The van der Waals surface area contributed by atoms with E-state index in [0.717, 1.165) is 32.5 Å². The maximum Gasteiger partial charge on any atom is 0.326 e. The highest BCUT2D eigenvalue weighted by molar-refractivity contribution is 9.10. The molecule has 5 nitrogen and oxygen atoms in total. The summed E-state index contributed by atoms with van der Waals surface area (Å²) in [6.45, 7) is 1.99. The Hall–Kier alpha value is -1.47. The number of hydrogen-bond donors (Lipinski definition) is 2. The molecule has 2 N–H and O–H groups in total. The van der Waals surface area contributed by atoms with Crippen molar-refractivity contribution in [1.29, 1.82) is 0 Å². The van der Waals surface area contributed by atoms with E-state index in [0.29, 0.717) is 12.8 Å². The van der Waals surface area contributed by atoms with Crippen LogP contribution in [0, 0.1) is 0 Å². The molecule has 23 heavy (non-hydrogen) atoms. The fourth-order valence-corrected chi connectivity index (χ4v) is 3.50. The maximum atomic E-state index is 12.0. The van der Waals surface area contributed by atoms with E-state index in [1.165, 1.54) is 0 Å². The molecule has 0 saturated heterocycles. The highest BCUT2D eigenvalue weighted by atomic mass is 79.9. The molecular formula is C16H19BrN2O3S. The topological polar surface area (TPSA) is 79.3 Å². The number of fused-ring (bicyclic) bond motifs is 1. The van der Waals surface area contributed by atoms with Crippen LogP contribution < -0.4 is 5.32 Å². The Morgan fingerprint density at radius 1 is 1.43 bits per heavy atom. The zero-order valence-electron chi connectivity index (χ0n) is 12.8. The summed E-state index contributed by atoms with van der Waals surface area (Å²) in [5.74, 6) is -1.22. The third-order valence-corrected chi connectivity index (χ3v) is 5.03. The van der Waals surface area contributed by atoms with Crippen molar-refractivity contribution in [2.24, 2.45) is 0 Å². The van der Waals surface area contributed by atoms with Crippen molar-refractivity contribution < 1.29 is 14.7 Å². The van der Waals surface area contributed by atoms with Gasteiger partial charge in [0, 0.05) is 17.3 Å². The van der Waals surface area contributed by atoms with E-state index in [2.05, 4.69) is 26.2 Å². The van der Waals surface area contributed by atoms with Crippen LogP contribution in [0.15, 0.2) is 22.7 Å². The molecule has 7 heteroatoms. The minimum atomic E-state index is -0.975. The van der Waals surface area contributed by atoms with Gasteiger partial charge in [-0.05, 0) is 24.6 Å². The first-order valence-corrected chi connectivity index (χ1v) is 9.17. The fraction of sp³-hybridized carbons (Fsp3) is 0.438. The summed E-state index contributed by atoms with van der Waals surface area (Å²) in [6.07, 6.45) is 2.91. The second-order valence-corrected chi connectivity index (χ2v) is 7.35. The van der Waals surface area contributed by atoms with Gasteiger partial charge in [0.05, 0.1) is 15.2 Å². The van der Waals surface area contributed by atoms with Crippen molar-refractivity contribution in [3.05, 3.63) is 27.7 Å². The van der Waals surface area contributed by atoms with E-state index in [4.69, 9.17) is 5.11 Å². The number of unbranched alkanes of at least 4 members (excludes halogenated alkanes) is 1. The van der Waals surface area contributed by atoms with Gasteiger partial charge in [0.2, 0.25) is 5.91 Å². The monoisotopic (exact) mass is 398 g/mol. The number of hydrogen-bond acceptors (Lipinski definition) is 4. The Kier molecular flexibility index (Phi) is 6.53. The summed E-state index contributed by atoms with van der Waals surface area (Å²) in [4.78, 5) is 27.6. The molecule has 0 fully saturated rings. The van der Waals surface area contributed by atoms with Crippen LogP contribution in [0.3, 0.4) is 0 Å². The number of benzene rings is 1. The van der Waals surface area contributed by atoms with Crippen LogP contribution >= 0.6 is 27.3 Å². The summed E-state index contributed by atoms with van der Waals surface area (Å²) < 4.78 is 2.05. The van der Waals surface area contributed by atoms with Gasteiger partial charge in [-0.2, -0.15) is 0 Å². The van der Waals surface area contributed by atoms with Crippen molar-refractivity contribution in [1.82, 2.24) is 10.3 Å². The number of aromatic nitrogens is 1. The molecule has 2 aromatic rings. The van der Waals surface area contributed by atoms with E-state index in [-0.39, 0.29) is 12.3 Å². The van der Waals surface area contributed by atoms with E-state index < -0.39 is 12.0 Å². The molecule has 0 spiro atoms. The number of nitrogens with one attached hydrogen (secondary N) is 1. The maximum absolute atomic E-state index is 12.0. The molecule has 0 radical (unpaired) electrons. The van der Waals surface area contributed by atoms with E-state index in [1.54, 1.807) is 11.3 Å². The number of carboxylic acid groups (broad SMARTS) is 1. The zero-order chi connectivity index (χ0) is 16.8. The minimum Gasteiger partial charge on any atom is -0.480 e. The lowest BCUT2D eigenvalue weighted by molar-refractivity contribution is -0.142. The Balaban J connectivity index is 1.90. The highest BCUT2D eigenvalue weighted by Gasteiger charge is 2.19. The lowest BCUT2D eigenvalue weighted by Crippen LogP contribution is -2.40. The Morgan fingerprint density at radius 3 is 2.91 bits per heavy atom. The van der Waals surface area contributed by atoms with Crippen molar-refractivity contribution >= 4 is 49.4 Å². The largest absolute Gasteiger partial charge is 0.480 e. The summed E-state index contributed by atoms with van der Waals surface area (Å²) in [7, 11) is 0. The fourth-order valence-electron chi connectivity index (χ4n) is 2.21. The molecule has 0 aliphatic heterocycles. The molecule has 0 saturated carbocycles. The molecule has 0 bridgehead atoms. The second kappa shape index (κ2) is 8.40. The molecular weight excluding hydrogens is 380 g/mol. The molecule has 1 aromatic heterocycles. The van der Waals surface area contributed by atoms with E-state index >= 15 is 0 Å². The zero-order valence-corrected chi connectivity index (χ0v) is 15.2. The van der Waals surface area contributed by atoms with Crippen molar-refractivity contribution in [2.75, 3.05) is 0 Å². The standard InChI is InChI=1S/C16H19BrN2O3S/c1-2-3-4-11(16(21)22)18-14(20)7-8-15-19-12-9-10(17)5-6-13(12)23-15/h5-6,9,11H,2-4,7-8H2,1H3,(H,18,20)(H,21,22)/t11-/m0/s1. The number of rotatable bonds is 8. The lowest BCUT2D eigenvalue weighted by Gasteiger charge is -2.13. The normalized spacial score (nSPS) is 12.3. The van der Waals surface area contributed by atoms with E-state index in [1.807, 2.05) is 25.1 Å². The number of carbonyl (C=O) groups excluding carboxylic acids is 1. The van der Waals surface area contributed by atoms with Gasteiger partial charge < -0.3 is 10.4 Å². The number of halogens is 1. The molecule has 0 aliphatic rings. The molecule has 1 amide bonds. The van der Waals surface area contributed by atoms with Gasteiger partial charge in [0.25, 0.3) is 0 Å². The average molecular weight is 399 g/mol. The molecule has 1 atom stereocenters. The van der Waals surface area contributed by atoms with Gasteiger partial charge in [0.15, 0.2) is 0 Å². The number of carboxylic acids is 1. The third-order valence-electron chi connectivity index (χ3n) is 3.44. The summed E-state index contributed by atoms with van der Waals surface area (Å²) in [5, 5.41) is 12.6. The molecule has 1 heterocycles. The second-order valence-electron chi connectivity index (χ2n) is 5.32. The van der Waals surface area contributed by atoms with Crippen LogP contribution in [0.1, 0.15) is 37.6 Å². The molecule has 0 aliphatic carbocycles. The lowest BCUT2D eigenvalue weighted by atomic mass is 10.1. The summed E-state index contributed by atoms with van der Waals surface area (Å²) in [5.41, 5.74) is 0.908. The smallest absolute Gasteiger partial charge is 0.326 e. The first-order chi connectivity index (χ1) is 11.0. The molecule has 0 unspecified atom stereocenters. The van der Waals surface area contributed by atoms with Crippen LogP contribution in [-0.4, -0.2) is 28.0 Å². The number of carbonyl (C=O) groups is 2. The summed E-state index contributed by atoms with van der Waals surface area (Å²) >= 11 is 4.97. The van der Waals surface area contributed by atoms with Gasteiger partial charge in [-0.15, -0.1) is 11.3 Å². The quantitative estimate of drug-likeness (QED) is 0.709. The predicted molar refractivity (Wildman–Crippen MR) is 94.7 cm³/mol. The molecule has 124 valence electrons. The molecule has 1 aromatic carbocycles. The van der Waals surface area contributed by atoms with Crippen molar-refractivity contribution in [3.8, 4) is 0 Å². The van der Waals surface area contributed by atoms with Gasteiger partial charge in [-0.3, -0.25) is 4.79 Å². The number of nitrogens with zero attached hydrogens (tertiary/aromatic N) is 1. The first kappa shape index (κ1) is 17.9. The summed E-state index contributed by atoms with van der Waals surface area (Å²) in [6, 6.07) is 5.10. The SMILES string of the molecule is CCCC[C@H](NC(=O)CCc1nc2cc(Br)ccc2s1)C(=O)O. The van der Waals surface area contributed by atoms with Crippen molar-refractivity contribution in [3.63, 3.8) is 0 Å². The van der Waals surface area contributed by atoms with E-state index in [9.17, 15) is 9.59 Å². The Bertz CT molecular complexity index is 702. The van der Waals surface area contributed by atoms with Crippen LogP contribution in [0.25, 0.3) is 10.2 Å². The number of aliphatic carboxylic acids is 1. The van der Waals surface area contributed by atoms with Crippen LogP contribution in [0.2, 0.25) is 0 Å². The Labute approximate surface area is 147 Å². The highest BCUT2D eigenvalue weighted by Crippen LogP contribution is 2.25. The van der Waals surface area contributed by atoms with Crippen molar-refractivity contribution in [2.45, 2.75) is 45.1 Å². The number of thiazole rings is 1. The van der Waals surface area contributed by atoms with Crippen LogP contribution in [-0.2, 0) is 16.0 Å². The Morgan fingerprint density at radius 2 is 2.22 bits per heavy atom. The van der Waals surface area contributed by atoms with Crippen LogP contribution in [0.4, 0.5) is 0 Å². The van der Waals surface area contributed by atoms with Crippen LogP contribution in [0.5, 0.6) is 0 Å².